The molecule has 0 amide bonds. The van der Waals surface area contributed by atoms with Crippen molar-refractivity contribution in [3.8, 4) is 0 Å². The lowest BCUT2D eigenvalue weighted by molar-refractivity contribution is 0.543. The molecular weight excluding hydrogens is 238 g/mol. The van der Waals surface area contributed by atoms with Crippen LogP contribution in [0.2, 0.25) is 0 Å². The van der Waals surface area contributed by atoms with Gasteiger partial charge in [0.2, 0.25) is 0 Å². The van der Waals surface area contributed by atoms with Crippen LogP contribution in [0.5, 0.6) is 0 Å². The van der Waals surface area contributed by atoms with E-state index in [0.717, 1.165) is 5.92 Å². The highest BCUT2D eigenvalue weighted by Crippen LogP contribution is 2.42. The van der Waals surface area contributed by atoms with Gasteiger partial charge in [-0.05, 0) is 42.7 Å². The summed E-state index contributed by atoms with van der Waals surface area (Å²) < 4.78 is 0. The van der Waals surface area contributed by atoms with Crippen molar-refractivity contribution < 1.29 is 0 Å². The lowest BCUT2D eigenvalue weighted by Gasteiger charge is -2.17. The van der Waals surface area contributed by atoms with E-state index in [9.17, 15) is 0 Å². The van der Waals surface area contributed by atoms with Crippen molar-refractivity contribution in [3.63, 3.8) is 0 Å². The van der Waals surface area contributed by atoms with Crippen LogP contribution in [0, 0.1) is 12.8 Å². The average Bonchev–Trinajstić information content (AvgIpc) is 2.48. The molecule has 2 heteroatoms. The number of rotatable bonds is 1. The maximum Gasteiger partial charge on any atom is 0.0303 e. The summed E-state index contributed by atoms with van der Waals surface area (Å²) in [4.78, 5) is 4.96. The van der Waals surface area contributed by atoms with Gasteiger partial charge in [0, 0.05) is 17.2 Å². The van der Waals surface area contributed by atoms with E-state index < -0.39 is 0 Å². The van der Waals surface area contributed by atoms with Gasteiger partial charge in [-0.25, -0.2) is 0 Å². The molecule has 1 aliphatic rings. The SMILES string of the molecule is Cc1cncc(C2CCC(Br)C2C)c1. The number of hydrogen-bond donors (Lipinski definition) is 0. The minimum Gasteiger partial charge on any atom is -0.264 e. The zero-order chi connectivity index (χ0) is 10.1. The van der Waals surface area contributed by atoms with Crippen molar-refractivity contribution in [1.82, 2.24) is 4.98 Å². The highest BCUT2D eigenvalue weighted by atomic mass is 79.9. The third kappa shape index (κ3) is 1.85. The summed E-state index contributed by atoms with van der Waals surface area (Å²) >= 11 is 3.74. The van der Waals surface area contributed by atoms with E-state index >= 15 is 0 Å². The van der Waals surface area contributed by atoms with E-state index in [4.69, 9.17) is 0 Å². The summed E-state index contributed by atoms with van der Waals surface area (Å²) in [5.74, 6) is 1.44. The number of aryl methyl sites for hydroxylation is 1. The summed E-state index contributed by atoms with van der Waals surface area (Å²) in [5.41, 5.74) is 2.69. The van der Waals surface area contributed by atoms with Crippen LogP contribution in [0.15, 0.2) is 18.5 Å². The monoisotopic (exact) mass is 253 g/mol. The minimum atomic E-state index is 0.688. The highest BCUT2D eigenvalue weighted by molar-refractivity contribution is 9.09. The molecule has 76 valence electrons. The van der Waals surface area contributed by atoms with Crippen LogP contribution in [0.25, 0.3) is 0 Å². The molecule has 1 nitrogen and oxygen atoms in total. The third-order valence-corrected chi connectivity index (χ3v) is 4.57. The van der Waals surface area contributed by atoms with Crippen LogP contribution >= 0.6 is 15.9 Å². The van der Waals surface area contributed by atoms with Crippen LogP contribution in [-0.4, -0.2) is 9.81 Å². The molecule has 1 aliphatic carbocycles. The van der Waals surface area contributed by atoms with Crippen molar-refractivity contribution in [3.05, 3.63) is 29.6 Å². The van der Waals surface area contributed by atoms with Crippen molar-refractivity contribution in [2.45, 2.75) is 37.4 Å². The topological polar surface area (TPSA) is 12.9 Å². The van der Waals surface area contributed by atoms with Gasteiger partial charge in [-0.2, -0.15) is 0 Å². The Bertz CT molecular complexity index is 324. The van der Waals surface area contributed by atoms with Gasteiger partial charge in [-0.3, -0.25) is 4.98 Å². The summed E-state index contributed by atoms with van der Waals surface area (Å²) in [6.07, 6.45) is 6.54. The lowest BCUT2D eigenvalue weighted by atomic mass is 9.91. The second-order valence-corrected chi connectivity index (χ2v) is 5.53. The molecule has 1 aromatic rings. The van der Waals surface area contributed by atoms with Crippen molar-refractivity contribution >= 4 is 15.9 Å². The van der Waals surface area contributed by atoms with Crippen LogP contribution in [0.1, 0.15) is 36.8 Å². The molecule has 1 heterocycles. The molecular formula is C12H16BrN. The predicted molar refractivity (Wildman–Crippen MR) is 62.8 cm³/mol. The molecule has 1 aromatic heterocycles. The van der Waals surface area contributed by atoms with E-state index in [1.165, 1.54) is 24.0 Å². The molecule has 1 fully saturated rings. The number of nitrogens with zero attached hydrogens (tertiary/aromatic N) is 1. The van der Waals surface area contributed by atoms with Gasteiger partial charge in [-0.1, -0.05) is 28.9 Å². The normalized spacial score (nSPS) is 32.1. The van der Waals surface area contributed by atoms with Crippen LogP contribution in [-0.2, 0) is 0 Å². The second kappa shape index (κ2) is 4.01. The molecule has 3 atom stereocenters. The Morgan fingerprint density at radius 3 is 2.71 bits per heavy atom. The molecule has 0 aromatic carbocycles. The first-order valence-electron chi connectivity index (χ1n) is 5.24. The minimum absolute atomic E-state index is 0.688. The van der Waals surface area contributed by atoms with E-state index in [0.29, 0.717) is 10.7 Å². The van der Waals surface area contributed by atoms with Crippen LogP contribution < -0.4 is 0 Å². The molecule has 0 aliphatic heterocycles. The number of halogens is 1. The number of alkyl halides is 1. The predicted octanol–water partition coefficient (Wildman–Crippen LogP) is 3.67. The van der Waals surface area contributed by atoms with E-state index in [-0.39, 0.29) is 0 Å². The smallest absolute Gasteiger partial charge is 0.0303 e. The van der Waals surface area contributed by atoms with Gasteiger partial charge < -0.3 is 0 Å². The highest BCUT2D eigenvalue weighted by Gasteiger charge is 2.31. The standard InChI is InChI=1S/C12H16BrN/c1-8-5-10(7-14-6-8)11-3-4-12(13)9(11)2/h5-7,9,11-12H,3-4H2,1-2H3. The molecule has 0 bridgehead atoms. The fourth-order valence-corrected chi connectivity index (χ4v) is 3.00. The molecule has 1 saturated carbocycles. The summed E-state index contributed by atoms with van der Waals surface area (Å²) in [6, 6.07) is 2.28. The molecule has 0 N–H and O–H groups in total. The Kier molecular flexibility index (Phi) is 2.91. The zero-order valence-corrected chi connectivity index (χ0v) is 10.3. The van der Waals surface area contributed by atoms with Crippen molar-refractivity contribution in [2.75, 3.05) is 0 Å². The van der Waals surface area contributed by atoms with Gasteiger partial charge >= 0.3 is 0 Å². The Morgan fingerprint density at radius 2 is 2.14 bits per heavy atom. The molecule has 0 spiro atoms. The van der Waals surface area contributed by atoms with Crippen molar-refractivity contribution in [1.29, 1.82) is 0 Å². The molecule has 0 radical (unpaired) electrons. The molecule has 3 unspecified atom stereocenters. The molecule has 2 rings (SSSR count). The second-order valence-electron chi connectivity index (χ2n) is 4.35. The van der Waals surface area contributed by atoms with Gasteiger partial charge in [0.05, 0.1) is 0 Å². The van der Waals surface area contributed by atoms with E-state index in [1.807, 2.05) is 12.4 Å². The Hall–Kier alpha value is -0.370. The Labute approximate surface area is 94.1 Å². The molecule has 14 heavy (non-hydrogen) atoms. The first kappa shape index (κ1) is 10.2. The van der Waals surface area contributed by atoms with Gasteiger partial charge in [0.15, 0.2) is 0 Å². The van der Waals surface area contributed by atoms with E-state index in [2.05, 4.69) is 40.8 Å². The van der Waals surface area contributed by atoms with E-state index in [1.54, 1.807) is 0 Å². The van der Waals surface area contributed by atoms with Crippen LogP contribution in [0.3, 0.4) is 0 Å². The fourth-order valence-electron chi connectivity index (χ4n) is 2.37. The number of aromatic nitrogens is 1. The Morgan fingerprint density at radius 1 is 1.36 bits per heavy atom. The third-order valence-electron chi connectivity index (χ3n) is 3.28. The number of hydrogen-bond acceptors (Lipinski definition) is 1. The first-order chi connectivity index (χ1) is 6.68. The van der Waals surface area contributed by atoms with Crippen LogP contribution in [0.4, 0.5) is 0 Å². The quantitative estimate of drug-likeness (QED) is 0.697. The zero-order valence-electron chi connectivity index (χ0n) is 8.70. The maximum atomic E-state index is 4.27. The molecule has 0 saturated heterocycles. The number of pyridine rings is 1. The fraction of sp³-hybridized carbons (Fsp3) is 0.583. The summed E-state index contributed by atoms with van der Waals surface area (Å²) in [6.45, 7) is 4.45. The van der Waals surface area contributed by atoms with Gasteiger partial charge in [0.25, 0.3) is 0 Å². The van der Waals surface area contributed by atoms with Gasteiger partial charge in [0.1, 0.15) is 0 Å². The Balaban J connectivity index is 2.23. The summed E-state index contributed by atoms with van der Waals surface area (Å²) in [7, 11) is 0. The lowest BCUT2D eigenvalue weighted by Crippen LogP contribution is -2.09. The largest absolute Gasteiger partial charge is 0.264 e. The van der Waals surface area contributed by atoms with Crippen molar-refractivity contribution in [2.24, 2.45) is 5.92 Å². The van der Waals surface area contributed by atoms with Gasteiger partial charge in [-0.15, -0.1) is 0 Å². The average molecular weight is 254 g/mol. The maximum absolute atomic E-state index is 4.27. The summed E-state index contributed by atoms with van der Waals surface area (Å²) in [5, 5.41) is 0. The first-order valence-corrected chi connectivity index (χ1v) is 6.15.